The molecule has 4 N–H and O–H groups in total. The van der Waals surface area contributed by atoms with Crippen molar-refractivity contribution >= 4 is 11.5 Å². The molecule has 74 valence electrons. The number of rotatable bonds is 5. The Hall–Kier alpha value is -1.23. The Kier molecular flexibility index (Phi) is 3.57. The van der Waals surface area contributed by atoms with E-state index in [1.165, 1.54) is 0 Å². The number of aromatic nitrogens is 2. The number of hydrogen-bond donors (Lipinski definition) is 2. The van der Waals surface area contributed by atoms with E-state index in [4.69, 9.17) is 16.2 Å². The molecule has 5 nitrogen and oxygen atoms in total. The lowest BCUT2D eigenvalue weighted by Gasteiger charge is -2.03. The van der Waals surface area contributed by atoms with Crippen molar-refractivity contribution < 1.29 is 4.74 Å². The predicted octanol–water partition coefficient (Wildman–Crippen LogP) is 0.474. The van der Waals surface area contributed by atoms with Crippen LogP contribution in [0.1, 0.15) is 12.8 Å². The SMILES string of the molecule is COCCCCn1ncc(N)c1N. The summed E-state index contributed by atoms with van der Waals surface area (Å²) < 4.78 is 6.64. The Balaban J connectivity index is 2.32. The number of unbranched alkanes of at least 4 members (excludes halogenated alkanes) is 1. The van der Waals surface area contributed by atoms with E-state index in [9.17, 15) is 0 Å². The summed E-state index contributed by atoms with van der Waals surface area (Å²) in [4.78, 5) is 0. The lowest BCUT2D eigenvalue weighted by atomic mass is 10.3. The number of hydrogen-bond acceptors (Lipinski definition) is 4. The maximum absolute atomic E-state index is 5.66. The maximum atomic E-state index is 5.66. The number of nitrogens with zero attached hydrogens (tertiary/aromatic N) is 2. The van der Waals surface area contributed by atoms with Gasteiger partial charge in [0.2, 0.25) is 0 Å². The number of nitrogen functional groups attached to an aromatic ring is 2. The van der Waals surface area contributed by atoms with Gasteiger partial charge in [-0.25, -0.2) is 4.68 Å². The number of methoxy groups -OCH3 is 1. The van der Waals surface area contributed by atoms with Crippen LogP contribution < -0.4 is 11.5 Å². The van der Waals surface area contributed by atoms with Crippen molar-refractivity contribution in [1.82, 2.24) is 9.78 Å². The van der Waals surface area contributed by atoms with Crippen LogP contribution in [0.5, 0.6) is 0 Å². The molecular weight excluding hydrogens is 168 g/mol. The van der Waals surface area contributed by atoms with Gasteiger partial charge in [0.25, 0.3) is 0 Å². The largest absolute Gasteiger partial charge is 0.394 e. The smallest absolute Gasteiger partial charge is 0.145 e. The van der Waals surface area contributed by atoms with Crippen LogP contribution in [-0.4, -0.2) is 23.5 Å². The van der Waals surface area contributed by atoms with E-state index in [1.54, 1.807) is 18.0 Å². The Labute approximate surface area is 77.7 Å². The second-order valence-corrected chi connectivity index (χ2v) is 2.91. The highest BCUT2D eigenvalue weighted by Gasteiger charge is 2.02. The van der Waals surface area contributed by atoms with Crippen LogP contribution in [0.4, 0.5) is 11.5 Å². The first kappa shape index (κ1) is 9.85. The van der Waals surface area contributed by atoms with Gasteiger partial charge in [-0.15, -0.1) is 0 Å². The molecule has 0 bridgehead atoms. The van der Waals surface area contributed by atoms with Gasteiger partial charge in [-0.05, 0) is 12.8 Å². The summed E-state index contributed by atoms with van der Waals surface area (Å²) in [7, 11) is 1.69. The molecule has 0 saturated carbocycles. The third kappa shape index (κ3) is 2.62. The third-order valence-corrected chi connectivity index (χ3v) is 1.88. The van der Waals surface area contributed by atoms with E-state index < -0.39 is 0 Å². The topological polar surface area (TPSA) is 79.1 Å². The van der Waals surface area contributed by atoms with Gasteiger partial charge in [0, 0.05) is 20.3 Å². The molecule has 0 amide bonds. The van der Waals surface area contributed by atoms with Crippen molar-refractivity contribution in [3.05, 3.63) is 6.20 Å². The van der Waals surface area contributed by atoms with Crippen LogP contribution in [0.3, 0.4) is 0 Å². The van der Waals surface area contributed by atoms with E-state index in [0.717, 1.165) is 26.0 Å². The summed E-state index contributed by atoms with van der Waals surface area (Å²) in [6.45, 7) is 1.57. The number of nitrogens with two attached hydrogens (primary N) is 2. The highest BCUT2D eigenvalue weighted by atomic mass is 16.5. The van der Waals surface area contributed by atoms with Crippen LogP contribution in [-0.2, 0) is 11.3 Å². The first-order valence-electron chi connectivity index (χ1n) is 4.31. The molecule has 0 aliphatic carbocycles. The van der Waals surface area contributed by atoms with Crippen molar-refractivity contribution in [1.29, 1.82) is 0 Å². The van der Waals surface area contributed by atoms with Crippen LogP contribution in [0, 0.1) is 0 Å². The van der Waals surface area contributed by atoms with Crippen LogP contribution in [0.15, 0.2) is 6.20 Å². The Bertz CT molecular complexity index is 259. The van der Waals surface area contributed by atoms with E-state index in [0.29, 0.717) is 11.5 Å². The zero-order chi connectivity index (χ0) is 9.68. The van der Waals surface area contributed by atoms with E-state index >= 15 is 0 Å². The molecule has 0 aromatic carbocycles. The van der Waals surface area contributed by atoms with E-state index in [2.05, 4.69) is 5.10 Å². The first-order chi connectivity index (χ1) is 6.25. The van der Waals surface area contributed by atoms with E-state index in [1.807, 2.05) is 0 Å². The fourth-order valence-corrected chi connectivity index (χ4v) is 1.10. The van der Waals surface area contributed by atoms with Crippen molar-refractivity contribution in [2.75, 3.05) is 25.2 Å². The molecule has 0 atom stereocenters. The molecular formula is C8H16N4O. The molecule has 1 rings (SSSR count). The second-order valence-electron chi connectivity index (χ2n) is 2.91. The van der Waals surface area contributed by atoms with Gasteiger partial charge in [0.15, 0.2) is 0 Å². The van der Waals surface area contributed by atoms with Crippen molar-refractivity contribution in [3.63, 3.8) is 0 Å². The van der Waals surface area contributed by atoms with Crippen molar-refractivity contribution in [2.24, 2.45) is 0 Å². The average Bonchev–Trinajstić information content (AvgIpc) is 2.43. The minimum atomic E-state index is 0.548. The van der Waals surface area contributed by atoms with Gasteiger partial charge in [0.05, 0.1) is 11.9 Å². The molecule has 0 unspecified atom stereocenters. The van der Waals surface area contributed by atoms with Gasteiger partial charge >= 0.3 is 0 Å². The average molecular weight is 184 g/mol. The normalized spacial score (nSPS) is 10.5. The summed E-state index contributed by atoms with van der Waals surface area (Å²) >= 11 is 0. The number of anilines is 2. The lowest BCUT2D eigenvalue weighted by Crippen LogP contribution is -2.06. The highest BCUT2D eigenvalue weighted by molar-refractivity contribution is 5.56. The predicted molar refractivity (Wildman–Crippen MR) is 52.2 cm³/mol. The van der Waals surface area contributed by atoms with Crippen molar-refractivity contribution in [2.45, 2.75) is 19.4 Å². The minimum absolute atomic E-state index is 0.548. The first-order valence-corrected chi connectivity index (χ1v) is 4.31. The molecule has 0 radical (unpaired) electrons. The summed E-state index contributed by atoms with van der Waals surface area (Å²) in [5, 5.41) is 4.04. The fraction of sp³-hybridized carbons (Fsp3) is 0.625. The monoisotopic (exact) mass is 184 g/mol. The highest BCUT2D eigenvalue weighted by Crippen LogP contribution is 2.12. The molecule has 1 aromatic rings. The third-order valence-electron chi connectivity index (χ3n) is 1.88. The van der Waals surface area contributed by atoms with E-state index in [-0.39, 0.29) is 0 Å². The quantitative estimate of drug-likeness (QED) is 0.652. The number of aryl methyl sites for hydroxylation is 1. The van der Waals surface area contributed by atoms with Gasteiger partial charge < -0.3 is 16.2 Å². The molecule has 0 aliphatic rings. The molecule has 1 aromatic heterocycles. The summed E-state index contributed by atoms with van der Waals surface area (Å²) in [6, 6.07) is 0. The second kappa shape index (κ2) is 4.71. The molecule has 0 spiro atoms. The Morgan fingerprint density at radius 2 is 2.23 bits per heavy atom. The van der Waals surface area contributed by atoms with Gasteiger partial charge in [-0.3, -0.25) is 0 Å². The van der Waals surface area contributed by atoms with Gasteiger partial charge in [-0.2, -0.15) is 5.10 Å². The van der Waals surface area contributed by atoms with Crippen LogP contribution in [0.25, 0.3) is 0 Å². The van der Waals surface area contributed by atoms with Crippen molar-refractivity contribution in [3.8, 4) is 0 Å². The lowest BCUT2D eigenvalue weighted by molar-refractivity contribution is 0.191. The van der Waals surface area contributed by atoms with Crippen LogP contribution in [0.2, 0.25) is 0 Å². The zero-order valence-electron chi connectivity index (χ0n) is 7.86. The molecule has 1 heterocycles. The maximum Gasteiger partial charge on any atom is 0.145 e. The van der Waals surface area contributed by atoms with Gasteiger partial charge in [-0.1, -0.05) is 0 Å². The van der Waals surface area contributed by atoms with Crippen LogP contribution >= 0.6 is 0 Å². The molecule has 0 aliphatic heterocycles. The Morgan fingerprint density at radius 1 is 1.46 bits per heavy atom. The molecule has 0 saturated heterocycles. The zero-order valence-corrected chi connectivity index (χ0v) is 7.86. The molecule has 13 heavy (non-hydrogen) atoms. The fourth-order valence-electron chi connectivity index (χ4n) is 1.10. The summed E-state index contributed by atoms with van der Waals surface area (Å²) in [5.74, 6) is 0.553. The minimum Gasteiger partial charge on any atom is -0.394 e. The summed E-state index contributed by atoms with van der Waals surface area (Å²) in [6.07, 6.45) is 3.58. The number of ether oxygens (including phenoxy) is 1. The molecule has 0 fully saturated rings. The standard InChI is InChI=1S/C8H16N4O/c1-13-5-3-2-4-12-8(10)7(9)6-11-12/h6H,2-5,9-10H2,1H3. The Morgan fingerprint density at radius 3 is 2.77 bits per heavy atom. The van der Waals surface area contributed by atoms with Gasteiger partial charge in [0.1, 0.15) is 5.82 Å². The summed E-state index contributed by atoms with van der Waals surface area (Å²) in [5.41, 5.74) is 11.7. The molecule has 5 heteroatoms.